The first kappa shape index (κ1) is 21.4. The van der Waals surface area contributed by atoms with Gasteiger partial charge in [-0.3, -0.25) is 0 Å². The van der Waals surface area contributed by atoms with Gasteiger partial charge in [-0.2, -0.15) is 0 Å². The first-order valence-corrected chi connectivity index (χ1v) is 14.0. The molecule has 0 bridgehead atoms. The summed E-state index contributed by atoms with van der Waals surface area (Å²) in [5.74, 6) is 0. The zero-order chi connectivity index (χ0) is 24.7. The predicted octanol–water partition coefficient (Wildman–Crippen LogP) is 9.32. The molecule has 4 aromatic rings. The Bertz CT molecular complexity index is 1660. The van der Waals surface area contributed by atoms with Crippen LogP contribution in [0.25, 0.3) is 32.7 Å². The fraction of sp³-hybridized carbons (Fsp3) is 0.243. The van der Waals surface area contributed by atoms with Gasteiger partial charge in [-0.25, -0.2) is 0 Å². The van der Waals surface area contributed by atoms with Crippen molar-refractivity contribution in [2.45, 2.75) is 58.8 Å². The summed E-state index contributed by atoms with van der Waals surface area (Å²) in [7, 11) is 0. The number of fused-ring (bicyclic) bond motifs is 6. The maximum Gasteiger partial charge on any atom is -0.00166 e. The second-order valence-electron chi connectivity index (χ2n) is 11.7. The molecule has 0 nitrogen and oxygen atoms in total. The van der Waals surface area contributed by atoms with E-state index in [1.165, 1.54) is 83.6 Å². The third-order valence-corrected chi connectivity index (χ3v) is 9.40. The van der Waals surface area contributed by atoms with Crippen LogP contribution in [-0.4, -0.2) is 0 Å². The van der Waals surface area contributed by atoms with Crippen molar-refractivity contribution in [2.24, 2.45) is 0 Å². The number of hydrogen-bond acceptors (Lipinski definition) is 0. The van der Waals surface area contributed by atoms with Gasteiger partial charge < -0.3 is 0 Å². The maximum absolute atomic E-state index is 2.47. The fourth-order valence-electron chi connectivity index (χ4n) is 7.39. The van der Waals surface area contributed by atoms with Crippen molar-refractivity contribution in [2.75, 3.05) is 0 Å². The molecule has 4 aliphatic carbocycles. The van der Waals surface area contributed by atoms with Crippen LogP contribution in [0, 0.1) is 13.8 Å². The highest BCUT2D eigenvalue weighted by Crippen LogP contribution is 2.43. The molecule has 0 saturated carbocycles. The van der Waals surface area contributed by atoms with Crippen LogP contribution in [0.3, 0.4) is 0 Å². The van der Waals surface area contributed by atoms with Gasteiger partial charge in [-0.1, -0.05) is 60.7 Å². The van der Waals surface area contributed by atoms with E-state index in [0.717, 1.165) is 38.5 Å². The Morgan fingerprint density at radius 1 is 0.541 bits per heavy atom. The van der Waals surface area contributed by atoms with Crippen LogP contribution in [0.5, 0.6) is 0 Å². The molecule has 0 heterocycles. The third-order valence-electron chi connectivity index (χ3n) is 9.40. The van der Waals surface area contributed by atoms with Crippen molar-refractivity contribution in [3.05, 3.63) is 128 Å². The molecule has 4 aromatic carbocycles. The van der Waals surface area contributed by atoms with E-state index in [4.69, 9.17) is 0 Å². The molecule has 0 heteroatoms. The molecule has 180 valence electrons. The van der Waals surface area contributed by atoms with Crippen molar-refractivity contribution < 1.29 is 0 Å². The van der Waals surface area contributed by atoms with Gasteiger partial charge in [-0.15, -0.1) is 0 Å². The van der Waals surface area contributed by atoms with Crippen LogP contribution in [-0.2, 0) is 25.7 Å². The molecule has 0 saturated heterocycles. The summed E-state index contributed by atoms with van der Waals surface area (Å²) in [5.41, 5.74) is 18.1. The first-order valence-electron chi connectivity index (χ1n) is 14.0. The van der Waals surface area contributed by atoms with Crippen LogP contribution < -0.4 is 0 Å². The summed E-state index contributed by atoms with van der Waals surface area (Å²) in [6, 6.07) is 19.6. The Kier molecular flexibility index (Phi) is 4.59. The smallest absolute Gasteiger partial charge is 0.00166 e. The van der Waals surface area contributed by atoms with Crippen LogP contribution in [0.2, 0.25) is 0 Å². The molecular formula is C37H32. The van der Waals surface area contributed by atoms with Gasteiger partial charge in [0, 0.05) is 0 Å². The number of allylic oxidation sites excluding steroid dienone is 8. The lowest BCUT2D eigenvalue weighted by Crippen LogP contribution is -1.97. The van der Waals surface area contributed by atoms with Gasteiger partial charge in [0.1, 0.15) is 0 Å². The average Bonchev–Trinajstić information content (AvgIpc) is 3.64. The molecular weight excluding hydrogens is 444 g/mol. The Morgan fingerprint density at radius 3 is 1.49 bits per heavy atom. The first-order chi connectivity index (χ1) is 18.1. The lowest BCUT2D eigenvalue weighted by atomic mass is 9.91. The topological polar surface area (TPSA) is 0 Å². The Hall–Kier alpha value is -3.64. The molecule has 0 N–H and O–H groups in total. The van der Waals surface area contributed by atoms with E-state index in [1.807, 2.05) is 0 Å². The molecule has 0 spiro atoms. The van der Waals surface area contributed by atoms with Crippen molar-refractivity contribution >= 4 is 32.7 Å². The highest BCUT2D eigenvalue weighted by molar-refractivity contribution is 5.94. The van der Waals surface area contributed by atoms with E-state index >= 15 is 0 Å². The SMILES string of the molecule is Cc1cc2cc3c(cc2cc1CCCc1cc2cc4c(cc2cc1C)C1=C(C=CC1)C4)CC1=C3CC=C1. The number of hydrogen-bond donors (Lipinski definition) is 0. The molecule has 0 amide bonds. The Labute approximate surface area is 219 Å². The van der Waals surface area contributed by atoms with E-state index in [1.54, 1.807) is 11.1 Å². The van der Waals surface area contributed by atoms with E-state index < -0.39 is 0 Å². The predicted molar refractivity (Wildman–Crippen MR) is 158 cm³/mol. The van der Waals surface area contributed by atoms with Gasteiger partial charge in [0.15, 0.2) is 0 Å². The van der Waals surface area contributed by atoms with Crippen molar-refractivity contribution in [3.8, 4) is 0 Å². The summed E-state index contributed by atoms with van der Waals surface area (Å²) in [6.45, 7) is 4.60. The van der Waals surface area contributed by atoms with Crippen LogP contribution in [0.15, 0.2) is 84.0 Å². The van der Waals surface area contributed by atoms with E-state index in [0.29, 0.717) is 0 Å². The Balaban J connectivity index is 1.03. The summed E-state index contributed by atoms with van der Waals surface area (Å²) < 4.78 is 0. The zero-order valence-electron chi connectivity index (χ0n) is 21.9. The van der Waals surface area contributed by atoms with E-state index in [2.05, 4.69) is 86.7 Å². The number of benzene rings is 4. The second kappa shape index (κ2) is 7.93. The quantitative estimate of drug-likeness (QED) is 0.275. The average molecular weight is 477 g/mol. The van der Waals surface area contributed by atoms with Gasteiger partial charge >= 0.3 is 0 Å². The summed E-state index contributed by atoms with van der Waals surface area (Å²) >= 11 is 0. The molecule has 0 aliphatic heterocycles. The monoisotopic (exact) mass is 476 g/mol. The van der Waals surface area contributed by atoms with Gasteiger partial charge in [-0.05, 0) is 159 Å². The zero-order valence-corrected chi connectivity index (χ0v) is 21.9. The standard InChI is InChI=1S/C37H32/c1-22-12-28-20-36-32(16-26-8-4-10-34(26)36)18-30(28)14-24(22)6-3-7-25-15-31-19-33-17-27-9-5-11-35(27)37(33)21-29(31)13-23(25)2/h4-5,8-9,12-15,18-21H,3,6-7,10-11,16-17H2,1-2H3. The number of rotatable bonds is 4. The second-order valence-corrected chi connectivity index (χ2v) is 11.7. The van der Waals surface area contributed by atoms with Crippen molar-refractivity contribution in [3.63, 3.8) is 0 Å². The molecule has 0 fully saturated rings. The van der Waals surface area contributed by atoms with Gasteiger partial charge in [0.05, 0.1) is 0 Å². The van der Waals surface area contributed by atoms with Crippen molar-refractivity contribution in [1.29, 1.82) is 0 Å². The van der Waals surface area contributed by atoms with E-state index in [9.17, 15) is 0 Å². The highest BCUT2D eigenvalue weighted by atomic mass is 14.3. The Morgan fingerprint density at radius 2 is 1.00 bits per heavy atom. The molecule has 0 aromatic heterocycles. The van der Waals surface area contributed by atoms with Crippen LogP contribution in [0.1, 0.15) is 63.8 Å². The summed E-state index contributed by atoms with van der Waals surface area (Å²) in [5, 5.41) is 5.62. The maximum atomic E-state index is 2.47. The molecule has 0 atom stereocenters. The third kappa shape index (κ3) is 3.35. The lowest BCUT2D eigenvalue weighted by Gasteiger charge is -2.13. The summed E-state index contributed by atoms with van der Waals surface area (Å²) in [6.07, 6.45) is 17.2. The van der Waals surface area contributed by atoms with Gasteiger partial charge in [0.2, 0.25) is 0 Å². The molecule has 8 rings (SSSR count). The van der Waals surface area contributed by atoms with Gasteiger partial charge in [0.25, 0.3) is 0 Å². The normalized spacial score (nSPS) is 16.9. The minimum absolute atomic E-state index is 1.11. The molecule has 37 heavy (non-hydrogen) atoms. The molecule has 0 radical (unpaired) electrons. The lowest BCUT2D eigenvalue weighted by molar-refractivity contribution is 0.814. The summed E-state index contributed by atoms with van der Waals surface area (Å²) in [4.78, 5) is 0. The van der Waals surface area contributed by atoms with Crippen LogP contribution in [0.4, 0.5) is 0 Å². The number of aryl methyl sites for hydroxylation is 4. The molecule has 0 unspecified atom stereocenters. The highest BCUT2D eigenvalue weighted by Gasteiger charge is 2.24. The molecule has 4 aliphatic rings. The van der Waals surface area contributed by atoms with Crippen LogP contribution >= 0.6 is 0 Å². The van der Waals surface area contributed by atoms with Crippen molar-refractivity contribution in [1.82, 2.24) is 0 Å². The minimum Gasteiger partial charge on any atom is -0.0798 e. The van der Waals surface area contributed by atoms with E-state index in [-0.39, 0.29) is 0 Å². The minimum atomic E-state index is 1.11. The largest absolute Gasteiger partial charge is 0.0798 e. The fourth-order valence-corrected chi connectivity index (χ4v) is 7.39.